The maximum absolute atomic E-state index is 13.4. The van der Waals surface area contributed by atoms with Gasteiger partial charge in [-0.15, -0.1) is 0 Å². The standard InChI is InChI=1S/C19H19BClFN2O4/c1-13(22)19(26)24(16-5-3-2-4-6-16)12-18(25)23-17(20(27)28)11-14-7-9-15(21)10-8-14/h2-10,17,27-28H,1,11-12H2,(H,23,25)/t17-/m0/s1. The quantitative estimate of drug-likeness (QED) is 0.463. The zero-order valence-corrected chi connectivity index (χ0v) is 15.6. The summed E-state index contributed by atoms with van der Waals surface area (Å²) >= 11 is 5.82. The van der Waals surface area contributed by atoms with Gasteiger partial charge in [-0.05, 0) is 36.2 Å². The Hall–Kier alpha value is -2.68. The molecule has 6 nitrogen and oxygen atoms in total. The lowest BCUT2D eigenvalue weighted by atomic mass is 9.76. The summed E-state index contributed by atoms with van der Waals surface area (Å²) < 4.78 is 13.4. The van der Waals surface area contributed by atoms with Crippen LogP contribution in [0.3, 0.4) is 0 Å². The number of anilines is 1. The van der Waals surface area contributed by atoms with E-state index in [4.69, 9.17) is 11.6 Å². The van der Waals surface area contributed by atoms with Crippen LogP contribution in [0.15, 0.2) is 67.0 Å². The van der Waals surface area contributed by atoms with E-state index in [-0.39, 0.29) is 6.42 Å². The third kappa shape index (κ3) is 6.19. The number of amides is 2. The summed E-state index contributed by atoms with van der Waals surface area (Å²) in [5, 5.41) is 22.2. The molecule has 2 rings (SSSR count). The van der Waals surface area contributed by atoms with Gasteiger partial charge in [-0.3, -0.25) is 14.5 Å². The van der Waals surface area contributed by atoms with Crippen LogP contribution in [-0.4, -0.2) is 41.5 Å². The molecule has 2 aromatic carbocycles. The average molecular weight is 405 g/mol. The molecule has 0 aliphatic carbocycles. The lowest BCUT2D eigenvalue weighted by Gasteiger charge is -2.24. The molecule has 0 saturated carbocycles. The first kappa shape index (κ1) is 21.6. The number of carbonyl (C=O) groups excluding carboxylic acids is 2. The van der Waals surface area contributed by atoms with Gasteiger partial charge >= 0.3 is 7.12 Å². The molecule has 2 aromatic rings. The fourth-order valence-corrected chi connectivity index (χ4v) is 2.66. The summed E-state index contributed by atoms with van der Waals surface area (Å²) in [5.41, 5.74) is 1.02. The molecule has 0 aliphatic heterocycles. The van der Waals surface area contributed by atoms with Crippen molar-refractivity contribution in [2.75, 3.05) is 11.4 Å². The molecule has 0 aliphatic rings. The predicted molar refractivity (Wildman–Crippen MR) is 106 cm³/mol. The summed E-state index contributed by atoms with van der Waals surface area (Å²) in [6.07, 6.45) is 0.121. The maximum atomic E-state index is 13.4. The summed E-state index contributed by atoms with van der Waals surface area (Å²) in [5.74, 6) is -3.99. The van der Waals surface area contributed by atoms with Gasteiger partial charge in [-0.2, -0.15) is 0 Å². The molecular formula is C19H19BClFN2O4. The molecular weight excluding hydrogens is 385 g/mol. The number of halogens is 2. The first-order chi connectivity index (χ1) is 13.3. The molecule has 9 heteroatoms. The smallest absolute Gasteiger partial charge is 0.426 e. The first-order valence-corrected chi connectivity index (χ1v) is 8.77. The Morgan fingerprint density at radius 2 is 1.75 bits per heavy atom. The molecule has 2 amide bonds. The van der Waals surface area contributed by atoms with Crippen molar-refractivity contribution in [3.63, 3.8) is 0 Å². The van der Waals surface area contributed by atoms with E-state index in [2.05, 4.69) is 11.9 Å². The SMILES string of the molecule is C=C(F)C(=O)N(CC(=O)N[C@@H](Cc1ccc(Cl)cc1)B(O)O)c1ccccc1. The fourth-order valence-electron chi connectivity index (χ4n) is 2.54. The van der Waals surface area contributed by atoms with E-state index < -0.39 is 37.2 Å². The lowest BCUT2D eigenvalue weighted by Crippen LogP contribution is -2.51. The number of para-hydroxylation sites is 1. The highest BCUT2D eigenvalue weighted by Gasteiger charge is 2.28. The number of hydrogen-bond acceptors (Lipinski definition) is 4. The van der Waals surface area contributed by atoms with Crippen LogP contribution in [0.4, 0.5) is 10.1 Å². The summed E-state index contributed by atoms with van der Waals surface area (Å²) in [7, 11) is -1.84. The van der Waals surface area contributed by atoms with Crippen molar-refractivity contribution in [3.05, 3.63) is 77.6 Å². The van der Waals surface area contributed by atoms with Crippen LogP contribution < -0.4 is 10.2 Å². The average Bonchev–Trinajstić information content (AvgIpc) is 2.67. The summed E-state index contributed by atoms with van der Waals surface area (Å²) in [6, 6.07) is 14.7. The Balaban J connectivity index is 2.11. The Kier molecular flexibility index (Phi) is 7.75. The number of nitrogens with one attached hydrogen (secondary N) is 1. The van der Waals surface area contributed by atoms with Crippen molar-refractivity contribution in [2.24, 2.45) is 0 Å². The minimum absolute atomic E-state index is 0.121. The molecule has 0 heterocycles. The molecule has 0 unspecified atom stereocenters. The zero-order valence-electron chi connectivity index (χ0n) is 14.9. The van der Waals surface area contributed by atoms with Gasteiger partial charge < -0.3 is 15.4 Å². The van der Waals surface area contributed by atoms with Gasteiger partial charge in [0.2, 0.25) is 5.91 Å². The molecule has 0 fully saturated rings. The molecule has 0 aromatic heterocycles. The second-order valence-corrected chi connectivity index (χ2v) is 6.49. The highest BCUT2D eigenvalue weighted by atomic mass is 35.5. The number of nitrogens with zero attached hydrogens (tertiary/aromatic N) is 1. The molecule has 3 N–H and O–H groups in total. The van der Waals surface area contributed by atoms with Gasteiger partial charge in [-0.25, -0.2) is 4.39 Å². The van der Waals surface area contributed by atoms with Crippen molar-refractivity contribution in [1.82, 2.24) is 5.32 Å². The van der Waals surface area contributed by atoms with Crippen molar-refractivity contribution in [2.45, 2.75) is 12.4 Å². The van der Waals surface area contributed by atoms with E-state index in [1.54, 1.807) is 54.6 Å². The van der Waals surface area contributed by atoms with Crippen molar-refractivity contribution >= 4 is 36.2 Å². The molecule has 1 atom stereocenters. The summed E-state index contributed by atoms with van der Waals surface area (Å²) in [4.78, 5) is 25.4. The van der Waals surface area contributed by atoms with Crippen LogP contribution >= 0.6 is 11.6 Å². The Morgan fingerprint density at radius 3 is 2.29 bits per heavy atom. The highest BCUT2D eigenvalue weighted by Crippen LogP contribution is 2.16. The van der Waals surface area contributed by atoms with E-state index in [1.165, 1.54) is 0 Å². The highest BCUT2D eigenvalue weighted by molar-refractivity contribution is 6.43. The van der Waals surface area contributed by atoms with Crippen molar-refractivity contribution in [1.29, 1.82) is 0 Å². The number of benzene rings is 2. The normalized spacial score (nSPS) is 11.4. The third-order valence-electron chi connectivity index (χ3n) is 3.92. The second-order valence-electron chi connectivity index (χ2n) is 6.05. The first-order valence-electron chi connectivity index (χ1n) is 8.39. The maximum Gasteiger partial charge on any atom is 0.475 e. The molecule has 146 valence electrons. The van der Waals surface area contributed by atoms with Gasteiger partial charge in [0.05, 0.1) is 5.94 Å². The van der Waals surface area contributed by atoms with Crippen LogP contribution in [0.25, 0.3) is 0 Å². The van der Waals surface area contributed by atoms with E-state index >= 15 is 0 Å². The van der Waals surface area contributed by atoms with Crippen molar-refractivity contribution in [3.8, 4) is 0 Å². The Labute approximate surface area is 167 Å². The van der Waals surface area contributed by atoms with E-state index in [1.807, 2.05) is 0 Å². The van der Waals surface area contributed by atoms with Crippen LogP contribution in [0.1, 0.15) is 5.56 Å². The van der Waals surface area contributed by atoms with Crippen LogP contribution in [0, 0.1) is 0 Å². The number of hydrogen-bond donors (Lipinski definition) is 3. The Bertz CT molecular complexity index is 834. The zero-order chi connectivity index (χ0) is 20.7. The van der Waals surface area contributed by atoms with Gasteiger partial charge in [0, 0.05) is 10.7 Å². The van der Waals surface area contributed by atoms with E-state index in [0.717, 1.165) is 10.5 Å². The topological polar surface area (TPSA) is 89.9 Å². The van der Waals surface area contributed by atoms with Gasteiger partial charge in [0.1, 0.15) is 6.54 Å². The molecule has 28 heavy (non-hydrogen) atoms. The lowest BCUT2D eigenvalue weighted by molar-refractivity contribution is -0.123. The van der Waals surface area contributed by atoms with E-state index in [0.29, 0.717) is 10.7 Å². The van der Waals surface area contributed by atoms with Crippen LogP contribution in [-0.2, 0) is 16.0 Å². The van der Waals surface area contributed by atoms with Gasteiger partial charge in [-0.1, -0.05) is 48.5 Å². The monoisotopic (exact) mass is 404 g/mol. The third-order valence-corrected chi connectivity index (χ3v) is 4.17. The molecule has 0 radical (unpaired) electrons. The van der Waals surface area contributed by atoms with Gasteiger partial charge in [0.15, 0.2) is 5.83 Å². The Morgan fingerprint density at radius 1 is 1.14 bits per heavy atom. The summed E-state index contributed by atoms with van der Waals surface area (Å²) in [6.45, 7) is 2.46. The largest absolute Gasteiger partial charge is 0.475 e. The van der Waals surface area contributed by atoms with Gasteiger partial charge in [0.25, 0.3) is 5.91 Å². The van der Waals surface area contributed by atoms with E-state index in [9.17, 15) is 24.0 Å². The number of carbonyl (C=O) groups is 2. The molecule has 0 saturated heterocycles. The molecule has 0 bridgehead atoms. The van der Waals surface area contributed by atoms with Crippen molar-refractivity contribution < 1.29 is 24.0 Å². The fraction of sp³-hybridized carbons (Fsp3) is 0.158. The second kappa shape index (κ2) is 10.0. The van der Waals surface area contributed by atoms with Crippen LogP contribution in [0.2, 0.25) is 5.02 Å². The molecule has 0 spiro atoms. The minimum Gasteiger partial charge on any atom is -0.426 e. The number of rotatable bonds is 8. The van der Waals surface area contributed by atoms with Crippen LogP contribution in [0.5, 0.6) is 0 Å². The minimum atomic E-state index is -1.84. The predicted octanol–water partition coefficient (Wildman–Crippen LogP) is 1.90.